The number of pyridine rings is 1. The van der Waals surface area contributed by atoms with Gasteiger partial charge in [-0.3, -0.25) is 4.40 Å². The van der Waals surface area contributed by atoms with Gasteiger partial charge in [-0.25, -0.2) is 4.98 Å². The van der Waals surface area contributed by atoms with Crippen LogP contribution in [-0.4, -0.2) is 23.0 Å². The van der Waals surface area contributed by atoms with E-state index in [9.17, 15) is 0 Å². The van der Waals surface area contributed by atoms with Gasteiger partial charge in [0.2, 0.25) is 0 Å². The molecule has 22 heavy (non-hydrogen) atoms. The van der Waals surface area contributed by atoms with E-state index in [1.165, 1.54) is 0 Å². The van der Waals surface area contributed by atoms with Gasteiger partial charge in [-0.05, 0) is 44.3 Å². The highest BCUT2D eigenvalue weighted by molar-refractivity contribution is 5.70. The van der Waals surface area contributed by atoms with Gasteiger partial charge in [0.25, 0.3) is 0 Å². The van der Waals surface area contributed by atoms with Gasteiger partial charge in [-0.1, -0.05) is 6.07 Å². The SMILES string of the molecule is CCOc1ccc(-c2nc(CNC)c3ccccn23)cc1N. The summed E-state index contributed by atoms with van der Waals surface area (Å²) in [5, 5.41) is 3.16. The third-order valence-electron chi connectivity index (χ3n) is 3.54. The smallest absolute Gasteiger partial charge is 0.144 e. The molecule has 0 radical (unpaired) electrons. The Morgan fingerprint density at radius 1 is 1.27 bits per heavy atom. The Balaban J connectivity index is 2.12. The molecule has 0 atom stereocenters. The number of imidazole rings is 1. The van der Waals surface area contributed by atoms with Crippen molar-refractivity contribution in [2.45, 2.75) is 13.5 Å². The quantitative estimate of drug-likeness (QED) is 0.711. The lowest BCUT2D eigenvalue weighted by atomic mass is 10.2. The van der Waals surface area contributed by atoms with Crippen molar-refractivity contribution >= 4 is 11.2 Å². The molecular weight excluding hydrogens is 276 g/mol. The summed E-state index contributed by atoms with van der Waals surface area (Å²) >= 11 is 0. The molecule has 2 heterocycles. The predicted octanol–water partition coefficient (Wildman–Crippen LogP) is 2.70. The van der Waals surface area contributed by atoms with E-state index < -0.39 is 0 Å². The molecule has 3 N–H and O–H groups in total. The molecule has 0 saturated heterocycles. The number of ether oxygens (including phenoxy) is 1. The second kappa shape index (κ2) is 6.07. The van der Waals surface area contributed by atoms with Crippen LogP contribution in [0.4, 0.5) is 5.69 Å². The van der Waals surface area contributed by atoms with Gasteiger partial charge in [0.05, 0.1) is 23.5 Å². The van der Waals surface area contributed by atoms with Gasteiger partial charge >= 0.3 is 0 Å². The van der Waals surface area contributed by atoms with E-state index in [0.29, 0.717) is 18.0 Å². The Morgan fingerprint density at radius 3 is 2.86 bits per heavy atom. The van der Waals surface area contributed by atoms with Crippen LogP contribution in [0.25, 0.3) is 16.9 Å². The fourth-order valence-electron chi connectivity index (χ4n) is 2.58. The number of nitrogens with two attached hydrogens (primary N) is 1. The van der Waals surface area contributed by atoms with Crippen LogP contribution in [0.1, 0.15) is 12.6 Å². The number of hydrogen-bond donors (Lipinski definition) is 2. The Hall–Kier alpha value is -2.53. The maximum absolute atomic E-state index is 6.08. The second-order valence-corrected chi connectivity index (χ2v) is 5.05. The summed E-state index contributed by atoms with van der Waals surface area (Å²) in [6.45, 7) is 3.27. The van der Waals surface area contributed by atoms with Crippen LogP contribution in [0.15, 0.2) is 42.6 Å². The van der Waals surface area contributed by atoms with E-state index in [-0.39, 0.29) is 0 Å². The molecule has 0 spiro atoms. The maximum Gasteiger partial charge on any atom is 0.144 e. The van der Waals surface area contributed by atoms with Crippen LogP contribution in [0, 0.1) is 0 Å². The van der Waals surface area contributed by atoms with Crippen molar-refractivity contribution in [2.75, 3.05) is 19.4 Å². The van der Waals surface area contributed by atoms with Gasteiger partial charge < -0.3 is 15.8 Å². The zero-order chi connectivity index (χ0) is 15.5. The minimum Gasteiger partial charge on any atom is -0.492 e. The average molecular weight is 296 g/mol. The number of benzene rings is 1. The topological polar surface area (TPSA) is 64.6 Å². The van der Waals surface area contributed by atoms with Crippen LogP contribution in [0.2, 0.25) is 0 Å². The molecule has 0 fully saturated rings. The zero-order valence-corrected chi connectivity index (χ0v) is 12.8. The second-order valence-electron chi connectivity index (χ2n) is 5.05. The van der Waals surface area contributed by atoms with E-state index in [1.807, 2.05) is 50.5 Å². The largest absolute Gasteiger partial charge is 0.492 e. The summed E-state index contributed by atoms with van der Waals surface area (Å²) in [6.07, 6.45) is 2.02. The summed E-state index contributed by atoms with van der Waals surface area (Å²) in [5.41, 5.74) is 9.80. The van der Waals surface area contributed by atoms with E-state index in [4.69, 9.17) is 15.5 Å². The van der Waals surface area contributed by atoms with Crippen LogP contribution >= 0.6 is 0 Å². The average Bonchev–Trinajstić information content (AvgIpc) is 2.89. The molecule has 3 aromatic rings. The maximum atomic E-state index is 6.08. The molecule has 0 aliphatic heterocycles. The molecule has 5 nitrogen and oxygen atoms in total. The van der Waals surface area contributed by atoms with Gasteiger partial charge in [0.1, 0.15) is 11.6 Å². The fraction of sp³-hybridized carbons (Fsp3) is 0.235. The number of nitrogens with one attached hydrogen (secondary N) is 1. The van der Waals surface area contributed by atoms with Gasteiger partial charge in [-0.15, -0.1) is 0 Å². The normalized spacial score (nSPS) is 11.0. The molecule has 2 aromatic heterocycles. The van der Waals surface area contributed by atoms with Gasteiger partial charge in [0, 0.05) is 18.3 Å². The first-order valence-electron chi connectivity index (χ1n) is 7.38. The van der Waals surface area contributed by atoms with Gasteiger partial charge in [-0.2, -0.15) is 0 Å². The van der Waals surface area contributed by atoms with Crippen LogP contribution in [-0.2, 0) is 6.54 Å². The van der Waals surface area contributed by atoms with Crippen molar-refractivity contribution in [3.63, 3.8) is 0 Å². The van der Waals surface area contributed by atoms with E-state index in [0.717, 1.165) is 29.1 Å². The summed E-state index contributed by atoms with van der Waals surface area (Å²) in [4.78, 5) is 4.77. The molecule has 3 rings (SSSR count). The number of nitrogen functional groups attached to an aromatic ring is 1. The Morgan fingerprint density at radius 2 is 2.14 bits per heavy atom. The van der Waals surface area contributed by atoms with E-state index in [1.54, 1.807) is 0 Å². The molecule has 1 aromatic carbocycles. The standard InChI is InChI=1S/C17H20N4O/c1-3-22-16-8-7-12(10-13(16)18)17-20-14(11-19-2)15-6-4-5-9-21(15)17/h4-10,19H,3,11,18H2,1-2H3. The Labute approximate surface area is 129 Å². The molecule has 0 aliphatic rings. The van der Waals surface area contributed by atoms with Crippen LogP contribution in [0.3, 0.4) is 0 Å². The van der Waals surface area contributed by atoms with E-state index in [2.05, 4.69) is 15.8 Å². The molecule has 0 aliphatic carbocycles. The Bertz CT molecular complexity index is 794. The first-order chi connectivity index (χ1) is 10.7. The monoisotopic (exact) mass is 296 g/mol. The van der Waals surface area contributed by atoms with Crippen molar-refractivity contribution in [1.29, 1.82) is 0 Å². The number of hydrogen-bond acceptors (Lipinski definition) is 4. The molecule has 0 bridgehead atoms. The van der Waals surface area contributed by atoms with Crippen LogP contribution in [0.5, 0.6) is 5.75 Å². The highest BCUT2D eigenvalue weighted by atomic mass is 16.5. The summed E-state index contributed by atoms with van der Waals surface area (Å²) < 4.78 is 7.58. The number of anilines is 1. The number of rotatable bonds is 5. The third-order valence-corrected chi connectivity index (χ3v) is 3.54. The molecule has 0 amide bonds. The lowest BCUT2D eigenvalue weighted by Gasteiger charge is -2.08. The number of nitrogens with zero attached hydrogens (tertiary/aromatic N) is 2. The summed E-state index contributed by atoms with van der Waals surface area (Å²) in [7, 11) is 1.92. The van der Waals surface area contributed by atoms with Crippen molar-refractivity contribution in [2.24, 2.45) is 0 Å². The van der Waals surface area contributed by atoms with E-state index >= 15 is 0 Å². The Kier molecular flexibility index (Phi) is 3.98. The first kappa shape index (κ1) is 14.4. The highest BCUT2D eigenvalue weighted by Gasteiger charge is 2.13. The minimum absolute atomic E-state index is 0.599. The lowest BCUT2D eigenvalue weighted by molar-refractivity contribution is 0.342. The number of aromatic nitrogens is 2. The molecule has 0 unspecified atom stereocenters. The first-order valence-corrected chi connectivity index (χ1v) is 7.38. The molecule has 5 heteroatoms. The predicted molar refractivity (Wildman–Crippen MR) is 89.0 cm³/mol. The fourth-order valence-corrected chi connectivity index (χ4v) is 2.58. The van der Waals surface area contributed by atoms with Crippen molar-refractivity contribution < 1.29 is 4.74 Å². The lowest BCUT2D eigenvalue weighted by Crippen LogP contribution is -2.05. The highest BCUT2D eigenvalue weighted by Crippen LogP contribution is 2.29. The van der Waals surface area contributed by atoms with Gasteiger partial charge in [0.15, 0.2) is 0 Å². The number of fused-ring (bicyclic) bond motifs is 1. The third kappa shape index (κ3) is 2.51. The van der Waals surface area contributed by atoms with Crippen LogP contribution < -0.4 is 15.8 Å². The molecule has 0 saturated carbocycles. The summed E-state index contributed by atoms with van der Waals surface area (Å²) in [5.74, 6) is 1.60. The summed E-state index contributed by atoms with van der Waals surface area (Å²) in [6, 6.07) is 11.9. The minimum atomic E-state index is 0.599. The molecular formula is C17H20N4O. The van der Waals surface area contributed by atoms with Crippen molar-refractivity contribution in [3.8, 4) is 17.1 Å². The zero-order valence-electron chi connectivity index (χ0n) is 12.8. The van der Waals surface area contributed by atoms with Crippen molar-refractivity contribution in [1.82, 2.24) is 14.7 Å². The molecule has 114 valence electrons. The van der Waals surface area contributed by atoms with Crippen molar-refractivity contribution in [3.05, 3.63) is 48.3 Å².